The SMILES string of the molecule is CC(C)(C)OC(=O)c1c(OS(=O)(=O)C(F)(F)F)csc1CC(=O)c1cc2ccccc2o1. The number of alkyl halides is 3. The van der Waals surface area contributed by atoms with Crippen LogP contribution in [-0.2, 0) is 21.3 Å². The average molecular weight is 490 g/mol. The minimum absolute atomic E-state index is 0.0277. The molecular formula is C20H17F3O7S2. The Labute approximate surface area is 184 Å². The second kappa shape index (κ2) is 8.24. The number of carbonyl (C=O) groups excluding carboxylic acids is 2. The molecule has 172 valence electrons. The maximum Gasteiger partial charge on any atom is 0.534 e. The maximum atomic E-state index is 12.8. The summed E-state index contributed by atoms with van der Waals surface area (Å²) in [5, 5.41) is 1.57. The fourth-order valence-corrected chi connectivity index (χ4v) is 4.09. The fourth-order valence-electron chi connectivity index (χ4n) is 2.63. The number of benzene rings is 1. The molecule has 1 aromatic carbocycles. The molecule has 12 heteroatoms. The molecule has 0 fully saturated rings. The van der Waals surface area contributed by atoms with Gasteiger partial charge in [0.05, 0.1) is 0 Å². The van der Waals surface area contributed by atoms with Gasteiger partial charge in [-0.15, -0.1) is 11.3 Å². The molecule has 0 aliphatic heterocycles. The predicted octanol–water partition coefficient (Wildman–Crippen LogP) is 5.10. The number of carbonyl (C=O) groups is 2. The first-order valence-electron chi connectivity index (χ1n) is 9.04. The van der Waals surface area contributed by atoms with Crippen LogP contribution in [0.4, 0.5) is 13.2 Å². The highest BCUT2D eigenvalue weighted by molar-refractivity contribution is 7.88. The van der Waals surface area contributed by atoms with Gasteiger partial charge in [-0.3, -0.25) is 4.79 Å². The van der Waals surface area contributed by atoms with Crippen LogP contribution in [0.25, 0.3) is 11.0 Å². The average Bonchev–Trinajstić information content (AvgIpc) is 3.23. The van der Waals surface area contributed by atoms with E-state index in [4.69, 9.17) is 9.15 Å². The van der Waals surface area contributed by atoms with Crippen molar-refractivity contribution in [2.45, 2.75) is 38.3 Å². The maximum absolute atomic E-state index is 12.8. The number of ketones is 1. The van der Waals surface area contributed by atoms with Crippen molar-refractivity contribution in [2.24, 2.45) is 0 Å². The molecule has 0 amide bonds. The van der Waals surface area contributed by atoms with Crippen molar-refractivity contribution < 1.29 is 44.5 Å². The van der Waals surface area contributed by atoms with Crippen LogP contribution in [0.3, 0.4) is 0 Å². The van der Waals surface area contributed by atoms with Gasteiger partial charge in [-0.05, 0) is 32.9 Å². The minimum Gasteiger partial charge on any atom is -0.456 e. The van der Waals surface area contributed by atoms with Gasteiger partial charge in [0.2, 0.25) is 5.78 Å². The molecule has 0 saturated carbocycles. The standard InChI is InChI=1S/C20H17F3O7S2/c1-19(2,3)29-18(25)17-15(30-32(26,27)20(21,22)23)10-31-16(17)9-12(24)14-8-11-6-4-5-7-13(11)28-14/h4-8,10H,9H2,1-3H3. The lowest BCUT2D eigenvalue weighted by Gasteiger charge is -2.20. The number of thiophene rings is 1. The van der Waals surface area contributed by atoms with Crippen LogP contribution in [0.1, 0.15) is 46.6 Å². The van der Waals surface area contributed by atoms with E-state index in [1.54, 1.807) is 24.3 Å². The van der Waals surface area contributed by atoms with Gasteiger partial charge in [-0.2, -0.15) is 21.6 Å². The van der Waals surface area contributed by atoms with Crippen LogP contribution in [0.15, 0.2) is 40.1 Å². The number of rotatable bonds is 6. The van der Waals surface area contributed by atoms with Crippen molar-refractivity contribution in [2.75, 3.05) is 0 Å². The molecule has 0 unspecified atom stereocenters. The van der Waals surface area contributed by atoms with Gasteiger partial charge in [-0.1, -0.05) is 18.2 Å². The van der Waals surface area contributed by atoms with Crippen LogP contribution < -0.4 is 4.18 Å². The molecule has 32 heavy (non-hydrogen) atoms. The molecule has 2 heterocycles. The van der Waals surface area contributed by atoms with E-state index in [1.807, 2.05) is 0 Å². The van der Waals surface area contributed by atoms with E-state index in [-0.39, 0.29) is 10.6 Å². The van der Waals surface area contributed by atoms with Crippen molar-refractivity contribution in [3.63, 3.8) is 0 Å². The Morgan fingerprint density at radius 3 is 2.38 bits per heavy atom. The van der Waals surface area contributed by atoms with Crippen molar-refractivity contribution in [1.82, 2.24) is 0 Å². The van der Waals surface area contributed by atoms with Gasteiger partial charge in [0, 0.05) is 22.1 Å². The fraction of sp³-hybridized carbons (Fsp3) is 0.300. The normalized spacial score (nSPS) is 12.7. The van der Waals surface area contributed by atoms with E-state index in [0.717, 1.165) is 5.38 Å². The number of hydrogen-bond donors (Lipinski definition) is 0. The van der Waals surface area contributed by atoms with Crippen LogP contribution in [0.2, 0.25) is 0 Å². The van der Waals surface area contributed by atoms with E-state index >= 15 is 0 Å². The summed E-state index contributed by atoms with van der Waals surface area (Å²) in [5.74, 6) is -2.59. The quantitative estimate of drug-likeness (QED) is 0.205. The molecule has 3 rings (SSSR count). The molecule has 2 aromatic heterocycles. The minimum atomic E-state index is -6.04. The Morgan fingerprint density at radius 1 is 1.12 bits per heavy atom. The molecule has 0 spiro atoms. The van der Waals surface area contributed by atoms with E-state index in [1.165, 1.54) is 26.8 Å². The Kier molecular flexibility index (Phi) is 6.13. The zero-order valence-corrected chi connectivity index (χ0v) is 18.6. The third-order valence-corrected chi connectivity index (χ3v) is 5.87. The number of Topliss-reactive ketones (excluding diaryl/α,β-unsaturated/α-hetero) is 1. The molecule has 0 aliphatic rings. The van der Waals surface area contributed by atoms with Gasteiger partial charge in [-0.25, -0.2) is 4.79 Å². The molecular weight excluding hydrogens is 473 g/mol. The zero-order valence-electron chi connectivity index (χ0n) is 17.0. The summed E-state index contributed by atoms with van der Waals surface area (Å²) in [7, 11) is -6.04. The topological polar surface area (TPSA) is 99.9 Å². The van der Waals surface area contributed by atoms with E-state index in [9.17, 15) is 31.2 Å². The Morgan fingerprint density at radius 2 is 1.78 bits per heavy atom. The Hall–Kier alpha value is -2.86. The van der Waals surface area contributed by atoms with E-state index < -0.39 is 50.7 Å². The van der Waals surface area contributed by atoms with E-state index in [0.29, 0.717) is 22.3 Å². The van der Waals surface area contributed by atoms with Crippen LogP contribution in [0.5, 0.6) is 5.75 Å². The van der Waals surface area contributed by atoms with Gasteiger partial charge in [0.25, 0.3) is 0 Å². The van der Waals surface area contributed by atoms with Gasteiger partial charge in [0.15, 0.2) is 11.5 Å². The molecule has 0 radical (unpaired) electrons. The number of fused-ring (bicyclic) bond motifs is 1. The number of hydrogen-bond acceptors (Lipinski definition) is 8. The number of esters is 1. The van der Waals surface area contributed by atoms with Gasteiger partial charge < -0.3 is 13.3 Å². The molecule has 0 N–H and O–H groups in total. The second-order valence-electron chi connectivity index (χ2n) is 7.63. The number of ether oxygens (including phenoxy) is 1. The lowest BCUT2D eigenvalue weighted by atomic mass is 10.1. The summed E-state index contributed by atoms with van der Waals surface area (Å²) >= 11 is 0.692. The molecule has 0 atom stereocenters. The monoisotopic (exact) mass is 490 g/mol. The summed E-state index contributed by atoms with van der Waals surface area (Å²) < 4.78 is 76.1. The van der Waals surface area contributed by atoms with Crippen molar-refractivity contribution in [3.05, 3.63) is 51.9 Å². The van der Waals surface area contributed by atoms with Gasteiger partial charge in [0.1, 0.15) is 16.7 Å². The highest BCUT2D eigenvalue weighted by Crippen LogP contribution is 2.36. The molecule has 3 aromatic rings. The summed E-state index contributed by atoms with van der Waals surface area (Å²) in [5.41, 5.74) is -6.86. The largest absolute Gasteiger partial charge is 0.534 e. The van der Waals surface area contributed by atoms with Crippen molar-refractivity contribution in [3.8, 4) is 5.75 Å². The van der Waals surface area contributed by atoms with Crippen LogP contribution in [0, 0.1) is 0 Å². The first-order valence-corrected chi connectivity index (χ1v) is 11.3. The van der Waals surface area contributed by atoms with Gasteiger partial charge >= 0.3 is 21.6 Å². The number of furan rings is 1. The molecule has 0 saturated heterocycles. The van der Waals surface area contributed by atoms with Crippen LogP contribution >= 0.6 is 11.3 Å². The second-order valence-corrected chi connectivity index (χ2v) is 10.1. The Balaban J connectivity index is 1.98. The highest BCUT2D eigenvalue weighted by Gasteiger charge is 2.49. The smallest absolute Gasteiger partial charge is 0.456 e. The summed E-state index contributed by atoms with van der Waals surface area (Å²) in [6.45, 7) is 4.55. The Bertz CT molecular complexity index is 1250. The number of para-hydroxylation sites is 1. The predicted molar refractivity (Wildman–Crippen MR) is 109 cm³/mol. The molecule has 0 bridgehead atoms. The first kappa shape index (κ1) is 23.8. The lowest BCUT2D eigenvalue weighted by Crippen LogP contribution is -2.29. The van der Waals surface area contributed by atoms with Crippen LogP contribution in [-0.4, -0.2) is 31.3 Å². The highest BCUT2D eigenvalue weighted by atomic mass is 32.2. The van der Waals surface area contributed by atoms with E-state index in [2.05, 4.69) is 4.18 Å². The lowest BCUT2D eigenvalue weighted by molar-refractivity contribution is -0.0501. The molecule has 0 aliphatic carbocycles. The third kappa shape index (κ3) is 5.13. The summed E-state index contributed by atoms with van der Waals surface area (Å²) in [6.07, 6.45) is -0.450. The first-order chi connectivity index (χ1) is 14.7. The van der Waals surface area contributed by atoms with Crippen molar-refractivity contribution >= 4 is 44.2 Å². The summed E-state index contributed by atoms with van der Waals surface area (Å²) in [6, 6.07) is 8.32. The molecule has 7 nitrogen and oxygen atoms in total. The third-order valence-electron chi connectivity index (χ3n) is 3.94. The zero-order chi connectivity index (χ0) is 23.9. The summed E-state index contributed by atoms with van der Waals surface area (Å²) in [4.78, 5) is 25.3. The number of halogens is 3. The van der Waals surface area contributed by atoms with Crippen molar-refractivity contribution in [1.29, 1.82) is 0 Å².